The first kappa shape index (κ1) is 11.9. The molecule has 0 N–H and O–H groups in total. The van der Waals surface area contributed by atoms with Crippen LogP contribution >= 0.6 is 0 Å². The quantitative estimate of drug-likeness (QED) is 0.719. The molecule has 0 unspecified atom stereocenters. The Labute approximate surface area is 99.3 Å². The topological polar surface area (TPSA) is 0 Å². The molecule has 0 saturated heterocycles. The Bertz CT molecular complexity index is 426. The van der Waals surface area contributed by atoms with E-state index in [1.165, 1.54) is 0 Å². The minimum Gasteiger partial charge on any atom is -0.176 e. The first-order valence-electron chi connectivity index (χ1n) is 5.14. The third-order valence-electron chi connectivity index (χ3n) is 2.41. The molecular weight excluding hydrogens is 241 g/mol. The molecule has 87 valence electrons. The van der Waals surface area contributed by atoms with Crippen molar-refractivity contribution in [3.05, 3.63) is 60.7 Å². The molecule has 1 radical (unpaired) electrons. The van der Waals surface area contributed by atoms with Crippen LogP contribution in [0.3, 0.4) is 0 Å². The van der Waals surface area contributed by atoms with Crippen molar-refractivity contribution in [2.45, 2.75) is 5.80 Å². The van der Waals surface area contributed by atoms with Crippen LogP contribution in [0.4, 0.5) is 13.2 Å². The molecule has 0 saturated carbocycles. The molecule has 0 atom stereocenters. The standard InChI is InChI=1S/C13H10F3Si/c14-13(15,16)17(11-7-3-1-4-8-11)12-9-5-2-6-10-12/h1-10H. The molecule has 0 aliphatic carbocycles. The van der Waals surface area contributed by atoms with Gasteiger partial charge in [-0.25, -0.2) is 0 Å². The van der Waals surface area contributed by atoms with Crippen molar-refractivity contribution in [1.29, 1.82) is 0 Å². The summed E-state index contributed by atoms with van der Waals surface area (Å²) in [6, 6.07) is 16.2. The number of hydrogen-bond acceptors (Lipinski definition) is 0. The van der Waals surface area contributed by atoms with E-state index in [4.69, 9.17) is 0 Å². The minimum absolute atomic E-state index is 0.371. The fourth-order valence-electron chi connectivity index (χ4n) is 1.70. The SMILES string of the molecule is FC(F)(F)[Si](c1ccccc1)c1ccccc1. The van der Waals surface area contributed by atoms with Gasteiger partial charge in [-0.3, -0.25) is 0 Å². The maximum Gasteiger partial charge on any atom is 0.369 e. The number of rotatable bonds is 2. The van der Waals surface area contributed by atoms with Crippen LogP contribution in [-0.2, 0) is 0 Å². The molecule has 2 rings (SSSR count). The predicted molar refractivity (Wildman–Crippen MR) is 64.0 cm³/mol. The highest BCUT2D eigenvalue weighted by Crippen LogP contribution is 2.19. The lowest BCUT2D eigenvalue weighted by molar-refractivity contribution is -0.0483. The highest BCUT2D eigenvalue weighted by atomic mass is 28.3. The van der Waals surface area contributed by atoms with Crippen molar-refractivity contribution in [2.24, 2.45) is 0 Å². The molecule has 0 aliphatic rings. The highest BCUT2D eigenvalue weighted by Gasteiger charge is 2.44. The van der Waals surface area contributed by atoms with Crippen LogP contribution < -0.4 is 10.4 Å². The van der Waals surface area contributed by atoms with E-state index >= 15 is 0 Å². The Morgan fingerprint density at radius 2 is 1.00 bits per heavy atom. The monoisotopic (exact) mass is 251 g/mol. The van der Waals surface area contributed by atoms with Gasteiger partial charge in [0.2, 0.25) is 0 Å². The van der Waals surface area contributed by atoms with E-state index in [0.29, 0.717) is 10.4 Å². The average molecular weight is 251 g/mol. The summed E-state index contributed by atoms with van der Waals surface area (Å²) in [7, 11) is -2.72. The zero-order valence-electron chi connectivity index (χ0n) is 8.91. The molecule has 17 heavy (non-hydrogen) atoms. The summed E-state index contributed by atoms with van der Waals surface area (Å²) in [5.74, 6) is -4.17. The molecule has 0 aromatic heterocycles. The first-order valence-corrected chi connectivity index (χ1v) is 6.64. The molecule has 0 bridgehead atoms. The third kappa shape index (κ3) is 2.77. The summed E-state index contributed by atoms with van der Waals surface area (Å²) < 4.78 is 39.4. The maximum atomic E-state index is 13.1. The van der Waals surface area contributed by atoms with Gasteiger partial charge in [-0.1, -0.05) is 60.7 Å². The Balaban J connectivity index is 2.48. The molecule has 4 heteroatoms. The Morgan fingerprint density at radius 1 is 0.647 bits per heavy atom. The Morgan fingerprint density at radius 3 is 1.29 bits per heavy atom. The van der Waals surface area contributed by atoms with Gasteiger partial charge in [0.15, 0.2) is 0 Å². The smallest absolute Gasteiger partial charge is 0.176 e. The van der Waals surface area contributed by atoms with Crippen LogP contribution in [0.2, 0.25) is 0 Å². The molecule has 2 aromatic rings. The largest absolute Gasteiger partial charge is 0.369 e. The minimum atomic E-state index is -4.17. The first-order chi connectivity index (χ1) is 8.09. The molecular formula is C13H10F3Si. The van der Waals surface area contributed by atoms with Gasteiger partial charge >= 0.3 is 5.80 Å². The zero-order valence-corrected chi connectivity index (χ0v) is 9.91. The van der Waals surface area contributed by atoms with Crippen molar-refractivity contribution in [1.82, 2.24) is 0 Å². The van der Waals surface area contributed by atoms with Crippen LogP contribution in [0.25, 0.3) is 0 Å². The van der Waals surface area contributed by atoms with Gasteiger partial charge in [0.1, 0.15) is 0 Å². The van der Waals surface area contributed by atoms with Crippen LogP contribution in [0.5, 0.6) is 0 Å². The van der Waals surface area contributed by atoms with Gasteiger partial charge in [-0.15, -0.1) is 0 Å². The van der Waals surface area contributed by atoms with Gasteiger partial charge in [0, 0.05) is 0 Å². The Kier molecular flexibility index (Phi) is 3.33. The summed E-state index contributed by atoms with van der Waals surface area (Å²) in [5.41, 5.74) is 0. The van der Waals surface area contributed by atoms with Crippen LogP contribution in [0, 0.1) is 0 Å². The summed E-state index contributed by atoms with van der Waals surface area (Å²) >= 11 is 0. The molecule has 2 aromatic carbocycles. The van der Waals surface area contributed by atoms with E-state index in [-0.39, 0.29) is 0 Å². The Hall–Kier alpha value is -1.55. The number of halogens is 3. The summed E-state index contributed by atoms with van der Waals surface area (Å²) in [6.45, 7) is 0. The molecule has 0 amide bonds. The normalized spacial score (nSPS) is 11.8. The lowest BCUT2D eigenvalue weighted by Crippen LogP contribution is -2.53. The van der Waals surface area contributed by atoms with Gasteiger partial charge < -0.3 is 0 Å². The van der Waals surface area contributed by atoms with E-state index in [1.54, 1.807) is 60.7 Å². The lowest BCUT2D eigenvalue weighted by atomic mass is 10.4. The lowest BCUT2D eigenvalue weighted by Gasteiger charge is -2.18. The highest BCUT2D eigenvalue weighted by molar-refractivity contribution is 6.86. The fraction of sp³-hybridized carbons (Fsp3) is 0.0769. The van der Waals surface area contributed by atoms with Crippen molar-refractivity contribution >= 4 is 19.2 Å². The molecule has 0 fully saturated rings. The van der Waals surface area contributed by atoms with E-state index in [2.05, 4.69) is 0 Å². The zero-order chi connectivity index (χ0) is 12.3. The summed E-state index contributed by atoms with van der Waals surface area (Å²) in [5, 5.41) is 0.743. The summed E-state index contributed by atoms with van der Waals surface area (Å²) in [4.78, 5) is 0. The van der Waals surface area contributed by atoms with Gasteiger partial charge in [0.25, 0.3) is 8.80 Å². The van der Waals surface area contributed by atoms with Crippen LogP contribution in [0.15, 0.2) is 60.7 Å². The van der Waals surface area contributed by atoms with E-state index in [9.17, 15) is 13.2 Å². The second kappa shape index (κ2) is 4.75. The van der Waals surface area contributed by atoms with E-state index < -0.39 is 14.6 Å². The molecule has 0 heterocycles. The van der Waals surface area contributed by atoms with Gasteiger partial charge in [0.05, 0.1) is 0 Å². The van der Waals surface area contributed by atoms with Gasteiger partial charge in [-0.05, 0) is 10.4 Å². The second-order valence-corrected chi connectivity index (χ2v) is 6.08. The maximum absolute atomic E-state index is 13.1. The molecule has 0 spiro atoms. The van der Waals surface area contributed by atoms with Crippen molar-refractivity contribution in [2.75, 3.05) is 0 Å². The fourth-order valence-corrected chi connectivity index (χ4v) is 3.74. The van der Waals surface area contributed by atoms with Crippen molar-refractivity contribution < 1.29 is 13.2 Å². The average Bonchev–Trinajstić information content (AvgIpc) is 2.30. The number of hydrogen-bond donors (Lipinski definition) is 0. The molecule has 0 aliphatic heterocycles. The van der Waals surface area contributed by atoms with E-state index in [0.717, 1.165) is 0 Å². The third-order valence-corrected chi connectivity index (χ3v) is 4.80. The van der Waals surface area contributed by atoms with Gasteiger partial charge in [-0.2, -0.15) is 13.2 Å². The summed E-state index contributed by atoms with van der Waals surface area (Å²) in [6.07, 6.45) is 0. The van der Waals surface area contributed by atoms with Crippen molar-refractivity contribution in [3.63, 3.8) is 0 Å². The van der Waals surface area contributed by atoms with Crippen molar-refractivity contribution in [3.8, 4) is 0 Å². The van der Waals surface area contributed by atoms with E-state index in [1.807, 2.05) is 0 Å². The predicted octanol–water partition coefficient (Wildman–Crippen LogP) is 2.40. The molecule has 0 nitrogen and oxygen atoms in total. The van der Waals surface area contributed by atoms with Crippen LogP contribution in [0.1, 0.15) is 0 Å². The second-order valence-electron chi connectivity index (χ2n) is 3.60. The number of benzene rings is 2. The van der Waals surface area contributed by atoms with Crippen LogP contribution in [-0.4, -0.2) is 14.6 Å². The number of alkyl halides is 3.